The number of benzene rings is 1. The average Bonchev–Trinajstić information content (AvgIpc) is 2.68. The van der Waals surface area contributed by atoms with E-state index in [1.54, 1.807) is 18.2 Å². The van der Waals surface area contributed by atoms with Gasteiger partial charge in [-0.25, -0.2) is 4.68 Å². The maximum absolute atomic E-state index is 12.2. The van der Waals surface area contributed by atoms with Gasteiger partial charge >= 0.3 is 6.55 Å². The van der Waals surface area contributed by atoms with Crippen LogP contribution in [0.15, 0.2) is 30.6 Å². The van der Waals surface area contributed by atoms with Crippen molar-refractivity contribution in [1.29, 1.82) is 0 Å². The van der Waals surface area contributed by atoms with Gasteiger partial charge in [0.2, 0.25) is 0 Å². The quantitative estimate of drug-likeness (QED) is 0.769. The lowest BCUT2D eigenvalue weighted by molar-refractivity contribution is 0.0566. The zero-order chi connectivity index (χ0) is 10.8. The van der Waals surface area contributed by atoms with Crippen LogP contribution in [0, 0.1) is 6.07 Å². The van der Waals surface area contributed by atoms with E-state index >= 15 is 0 Å². The Morgan fingerprint density at radius 2 is 2.20 bits per heavy atom. The highest BCUT2D eigenvalue weighted by molar-refractivity contribution is 6.30. The number of nitrogens with zero attached hydrogens (tertiary/aromatic N) is 2. The van der Waals surface area contributed by atoms with Gasteiger partial charge in [-0.2, -0.15) is 13.9 Å². The molecule has 77 valence electrons. The van der Waals surface area contributed by atoms with Crippen LogP contribution in [0.1, 0.15) is 6.55 Å². The SMILES string of the molecule is FC(F)n1cc(-c2[c]cc(Cl)cc2)cn1. The van der Waals surface area contributed by atoms with Gasteiger partial charge in [0, 0.05) is 16.8 Å². The highest BCUT2D eigenvalue weighted by Gasteiger charge is 2.08. The maximum Gasteiger partial charge on any atom is 0.333 e. The molecule has 0 saturated carbocycles. The van der Waals surface area contributed by atoms with Crippen LogP contribution in [0.3, 0.4) is 0 Å². The second kappa shape index (κ2) is 3.98. The number of aromatic nitrogens is 2. The van der Waals surface area contributed by atoms with E-state index in [9.17, 15) is 8.78 Å². The van der Waals surface area contributed by atoms with E-state index in [1.807, 2.05) is 0 Å². The van der Waals surface area contributed by atoms with Crippen molar-refractivity contribution in [3.8, 4) is 11.1 Å². The predicted octanol–water partition coefficient (Wildman–Crippen LogP) is 3.40. The molecule has 0 atom stereocenters. The van der Waals surface area contributed by atoms with Gasteiger partial charge in [-0.05, 0) is 23.8 Å². The van der Waals surface area contributed by atoms with Gasteiger partial charge in [-0.3, -0.25) is 0 Å². The second-order valence-electron chi connectivity index (χ2n) is 2.91. The van der Waals surface area contributed by atoms with E-state index in [2.05, 4.69) is 11.2 Å². The van der Waals surface area contributed by atoms with Crippen LogP contribution < -0.4 is 0 Å². The molecule has 15 heavy (non-hydrogen) atoms. The van der Waals surface area contributed by atoms with E-state index in [1.165, 1.54) is 12.4 Å². The Bertz CT molecular complexity index is 451. The lowest BCUT2D eigenvalue weighted by Gasteiger charge is -1.97. The molecule has 0 aliphatic rings. The normalized spacial score (nSPS) is 10.9. The first-order valence-electron chi connectivity index (χ1n) is 4.17. The summed E-state index contributed by atoms with van der Waals surface area (Å²) >= 11 is 5.68. The predicted molar refractivity (Wildman–Crippen MR) is 52.8 cm³/mol. The van der Waals surface area contributed by atoms with Gasteiger partial charge in [-0.15, -0.1) is 0 Å². The smallest absolute Gasteiger partial charge is 0.211 e. The summed E-state index contributed by atoms with van der Waals surface area (Å²) in [6, 6.07) is 7.83. The monoisotopic (exact) mass is 227 g/mol. The van der Waals surface area contributed by atoms with Crippen LogP contribution in [0.5, 0.6) is 0 Å². The molecule has 0 bridgehead atoms. The van der Waals surface area contributed by atoms with Gasteiger partial charge in [0.1, 0.15) is 0 Å². The molecule has 5 heteroatoms. The second-order valence-corrected chi connectivity index (χ2v) is 3.34. The van der Waals surface area contributed by atoms with Crippen molar-refractivity contribution >= 4 is 11.6 Å². The van der Waals surface area contributed by atoms with Crippen molar-refractivity contribution in [3.63, 3.8) is 0 Å². The summed E-state index contributed by atoms with van der Waals surface area (Å²) in [5.41, 5.74) is 1.28. The summed E-state index contributed by atoms with van der Waals surface area (Å²) in [5, 5.41) is 4.08. The molecule has 0 aliphatic carbocycles. The first-order valence-corrected chi connectivity index (χ1v) is 4.54. The van der Waals surface area contributed by atoms with Crippen molar-refractivity contribution in [2.24, 2.45) is 0 Å². The minimum atomic E-state index is -2.62. The molecular formula is C10H6ClF2N2. The van der Waals surface area contributed by atoms with Gasteiger partial charge in [0.25, 0.3) is 0 Å². The first-order chi connectivity index (χ1) is 7.16. The standard InChI is InChI=1S/C10H6ClF2N2/c11-9-3-1-7(2-4-9)8-5-14-15(6-8)10(12)13/h1,3-6,10H. The Morgan fingerprint density at radius 3 is 2.73 bits per heavy atom. The third-order valence-corrected chi connectivity index (χ3v) is 2.12. The van der Waals surface area contributed by atoms with E-state index < -0.39 is 6.55 Å². The molecule has 0 N–H and O–H groups in total. The summed E-state index contributed by atoms with van der Waals surface area (Å²) in [7, 11) is 0. The number of halogens is 3. The van der Waals surface area contributed by atoms with Crippen LogP contribution in [-0.2, 0) is 0 Å². The van der Waals surface area contributed by atoms with Crippen LogP contribution in [0.2, 0.25) is 5.02 Å². The summed E-state index contributed by atoms with van der Waals surface area (Å²) in [6.07, 6.45) is 2.64. The summed E-state index contributed by atoms with van der Waals surface area (Å²) in [5.74, 6) is 0. The molecule has 2 nitrogen and oxygen atoms in total. The van der Waals surface area contributed by atoms with Crippen molar-refractivity contribution in [2.75, 3.05) is 0 Å². The van der Waals surface area contributed by atoms with Crippen molar-refractivity contribution in [2.45, 2.75) is 6.55 Å². The molecule has 0 unspecified atom stereocenters. The minimum Gasteiger partial charge on any atom is -0.211 e. The zero-order valence-electron chi connectivity index (χ0n) is 7.49. The highest BCUT2D eigenvalue weighted by Crippen LogP contribution is 2.21. The van der Waals surface area contributed by atoms with Gasteiger partial charge in [-0.1, -0.05) is 17.7 Å². The third-order valence-electron chi connectivity index (χ3n) is 1.89. The molecule has 1 radical (unpaired) electrons. The Hall–Kier alpha value is -1.42. The molecule has 1 heterocycles. The fourth-order valence-electron chi connectivity index (χ4n) is 1.17. The van der Waals surface area contributed by atoms with Crippen LogP contribution in [0.4, 0.5) is 8.78 Å². The van der Waals surface area contributed by atoms with Crippen LogP contribution in [0.25, 0.3) is 11.1 Å². The average molecular weight is 228 g/mol. The fourth-order valence-corrected chi connectivity index (χ4v) is 1.29. The Morgan fingerprint density at radius 1 is 1.40 bits per heavy atom. The summed E-state index contributed by atoms with van der Waals surface area (Å²) in [6.45, 7) is -2.62. The van der Waals surface area contributed by atoms with E-state index in [-0.39, 0.29) is 0 Å². The van der Waals surface area contributed by atoms with E-state index in [4.69, 9.17) is 11.6 Å². The Labute approximate surface area is 90.1 Å². The summed E-state index contributed by atoms with van der Waals surface area (Å²) < 4.78 is 25.1. The molecule has 1 aromatic carbocycles. The number of alkyl halides is 2. The third kappa shape index (κ3) is 2.15. The first kappa shape index (κ1) is 10.1. The molecule has 2 rings (SSSR count). The van der Waals surface area contributed by atoms with Crippen molar-refractivity contribution in [3.05, 3.63) is 41.7 Å². The molecular weight excluding hydrogens is 222 g/mol. The Kier molecular flexibility index (Phi) is 2.68. The largest absolute Gasteiger partial charge is 0.333 e. The van der Waals surface area contributed by atoms with Gasteiger partial charge in [0.05, 0.1) is 6.20 Å². The highest BCUT2D eigenvalue weighted by atomic mass is 35.5. The Balaban J connectivity index is 2.33. The van der Waals surface area contributed by atoms with Crippen molar-refractivity contribution in [1.82, 2.24) is 9.78 Å². The van der Waals surface area contributed by atoms with E-state index in [0.717, 1.165) is 0 Å². The molecule has 0 aliphatic heterocycles. The summed E-state index contributed by atoms with van der Waals surface area (Å²) in [4.78, 5) is 0. The molecule has 1 aromatic heterocycles. The zero-order valence-corrected chi connectivity index (χ0v) is 8.25. The molecule has 2 aromatic rings. The topological polar surface area (TPSA) is 17.8 Å². The van der Waals surface area contributed by atoms with Crippen molar-refractivity contribution < 1.29 is 8.78 Å². The van der Waals surface area contributed by atoms with E-state index in [0.29, 0.717) is 20.8 Å². The lowest BCUT2D eigenvalue weighted by Crippen LogP contribution is -1.96. The van der Waals surface area contributed by atoms with Crippen LogP contribution >= 0.6 is 11.6 Å². The lowest BCUT2D eigenvalue weighted by atomic mass is 10.1. The maximum atomic E-state index is 12.2. The molecule has 0 spiro atoms. The fraction of sp³-hybridized carbons (Fsp3) is 0.100. The molecule has 0 amide bonds. The minimum absolute atomic E-state index is 0.556. The number of hydrogen-bond acceptors (Lipinski definition) is 1. The number of hydrogen-bond donors (Lipinski definition) is 0. The van der Waals surface area contributed by atoms with Gasteiger partial charge < -0.3 is 0 Å². The molecule has 0 saturated heterocycles. The molecule has 0 fully saturated rings. The van der Waals surface area contributed by atoms with Gasteiger partial charge in [0.15, 0.2) is 0 Å². The number of rotatable bonds is 2. The van der Waals surface area contributed by atoms with Crippen LogP contribution in [-0.4, -0.2) is 9.78 Å².